The minimum Gasteiger partial charge on any atom is -0.378 e. The van der Waals surface area contributed by atoms with Crippen molar-refractivity contribution in [2.75, 3.05) is 41.8 Å². The molecule has 8 nitrogen and oxygen atoms in total. The van der Waals surface area contributed by atoms with Crippen molar-refractivity contribution in [1.29, 1.82) is 0 Å². The zero-order valence-electron chi connectivity index (χ0n) is 18.5. The van der Waals surface area contributed by atoms with Crippen molar-refractivity contribution in [2.45, 2.75) is 24.8 Å². The minimum atomic E-state index is -0.716. The summed E-state index contributed by atoms with van der Waals surface area (Å²) in [6.07, 6.45) is 4.22. The topological polar surface area (TPSA) is 105 Å². The van der Waals surface area contributed by atoms with Crippen molar-refractivity contribution in [3.63, 3.8) is 0 Å². The molecular formula is C25H28N6O2. The summed E-state index contributed by atoms with van der Waals surface area (Å²) in [7, 11) is 0. The maximum Gasteiger partial charge on any atom is 0.244 e. The molecule has 1 aliphatic heterocycles. The third-order valence-electron chi connectivity index (χ3n) is 6.29. The molecule has 1 aliphatic carbocycles. The third-order valence-corrected chi connectivity index (χ3v) is 6.29. The van der Waals surface area contributed by atoms with Crippen molar-refractivity contribution < 1.29 is 9.53 Å². The number of ether oxygens (including phenoxy) is 1. The number of carbonyl (C=O) groups excluding carboxylic acids is 1. The van der Waals surface area contributed by atoms with E-state index in [1.807, 2.05) is 42.5 Å². The van der Waals surface area contributed by atoms with E-state index in [0.29, 0.717) is 5.95 Å². The van der Waals surface area contributed by atoms with E-state index in [0.717, 1.165) is 68.2 Å². The third kappa shape index (κ3) is 4.81. The Balaban J connectivity index is 1.24. The van der Waals surface area contributed by atoms with Crippen LogP contribution >= 0.6 is 0 Å². The van der Waals surface area contributed by atoms with Crippen LogP contribution in [0.15, 0.2) is 60.8 Å². The van der Waals surface area contributed by atoms with Crippen LogP contribution in [0.3, 0.4) is 0 Å². The summed E-state index contributed by atoms with van der Waals surface area (Å²) >= 11 is 0. The second kappa shape index (κ2) is 9.17. The molecule has 1 saturated carbocycles. The van der Waals surface area contributed by atoms with Crippen molar-refractivity contribution in [3.05, 3.63) is 60.8 Å². The summed E-state index contributed by atoms with van der Waals surface area (Å²) in [4.78, 5) is 23.6. The fourth-order valence-electron chi connectivity index (χ4n) is 4.05. The number of amides is 1. The molecule has 5 rings (SSSR count). The lowest BCUT2D eigenvalue weighted by molar-refractivity contribution is -0.123. The summed E-state index contributed by atoms with van der Waals surface area (Å²) in [6, 6.07) is 17.7. The number of carbonyl (C=O) groups is 1. The van der Waals surface area contributed by atoms with Crippen LogP contribution in [0.4, 0.5) is 23.0 Å². The fourth-order valence-corrected chi connectivity index (χ4v) is 4.05. The fraction of sp³-hybridized carbons (Fsp3) is 0.320. The Morgan fingerprint density at radius 3 is 2.33 bits per heavy atom. The average Bonchev–Trinajstić information content (AvgIpc) is 2.84. The van der Waals surface area contributed by atoms with E-state index in [2.05, 4.69) is 37.6 Å². The molecule has 2 aliphatic rings. The Morgan fingerprint density at radius 1 is 0.970 bits per heavy atom. The zero-order valence-corrected chi connectivity index (χ0v) is 18.5. The van der Waals surface area contributed by atoms with Crippen LogP contribution in [0.5, 0.6) is 0 Å². The van der Waals surface area contributed by atoms with Gasteiger partial charge in [-0.05, 0) is 61.7 Å². The molecule has 0 bridgehead atoms. The first-order valence-electron chi connectivity index (χ1n) is 11.3. The van der Waals surface area contributed by atoms with Gasteiger partial charge in [-0.1, -0.05) is 12.1 Å². The molecule has 4 N–H and O–H groups in total. The molecular weight excluding hydrogens is 416 g/mol. The average molecular weight is 445 g/mol. The molecule has 2 aromatic carbocycles. The van der Waals surface area contributed by atoms with Gasteiger partial charge in [-0.3, -0.25) is 4.79 Å². The number of benzene rings is 2. The Hall–Kier alpha value is -3.49. The van der Waals surface area contributed by atoms with Crippen molar-refractivity contribution in [3.8, 4) is 11.3 Å². The Morgan fingerprint density at radius 2 is 1.67 bits per heavy atom. The predicted octanol–water partition coefficient (Wildman–Crippen LogP) is 3.54. The van der Waals surface area contributed by atoms with Gasteiger partial charge in [-0.2, -0.15) is 0 Å². The number of nitrogens with zero attached hydrogens (tertiary/aromatic N) is 3. The van der Waals surface area contributed by atoms with Gasteiger partial charge >= 0.3 is 0 Å². The molecule has 0 atom stereocenters. The number of hydrogen-bond acceptors (Lipinski definition) is 7. The van der Waals surface area contributed by atoms with Crippen LogP contribution in [-0.2, 0) is 9.53 Å². The summed E-state index contributed by atoms with van der Waals surface area (Å²) in [6.45, 7) is 3.35. The van der Waals surface area contributed by atoms with E-state index in [9.17, 15) is 4.79 Å². The smallest absolute Gasteiger partial charge is 0.244 e. The van der Waals surface area contributed by atoms with E-state index in [-0.39, 0.29) is 5.91 Å². The molecule has 0 radical (unpaired) electrons. The molecule has 0 unspecified atom stereocenters. The number of rotatable bonds is 6. The van der Waals surface area contributed by atoms with Gasteiger partial charge in [-0.25, -0.2) is 9.97 Å². The molecule has 3 aromatic rings. The number of anilines is 4. The second-order valence-corrected chi connectivity index (χ2v) is 8.58. The van der Waals surface area contributed by atoms with E-state index in [1.165, 1.54) is 5.69 Å². The minimum absolute atomic E-state index is 0.116. The number of nitrogens with two attached hydrogens (primary N) is 1. The van der Waals surface area contributed by atoms with Crippen LogP contribution in [0.1, 0.15) is 19.3 Å². The summed E-state index contributed by atoms with van der Waals surface area (Å²) < 4.78 is 5.42. The zero-order chi connectivity index (χ0) is 22.7. The lowest BCUT2D eigenvalue weighted by Gasteiger charge is -2.36. The Kier molecular flexibility index (Phi) is 5.93. The molecule has 1 saturated heterocycles. The number of morpholine rings is 1. The molecule has 2 fully saturated rings. The quantitative estimate of drug-likeness (QED) is 0.534. The summed E-state index contributed by atoms with van der Waals surface area (Å²) in [5, 5.41) is 6.19. The van der Waals surface area contributed by atoms with E-state index < -0.39 is 5.54 Å². The predicted molar refractivity (Wildman–Crippen MR) is 130 cm³/mol. The first kappa shape index (κ1) is 21.4. The molecule has 1 aromatic heterocycles. The first-order chi connectivity index (χ1) is 16.1. The van der Waals surface area contributed by atoms with Crippen molar-refractivity contribution in [1.82, 2.24) is 9.97 Å². The van der Waals surface area contributed by atoms with Gasteiger partial charge in [0.15, 0.2) is 0 Å². The number of hydrogen-bond donors (Lipinski definition) is 3. The SMILES string of the molecule is NC1(C(=O)Nc2ccc(-c3ccnc(Nc4ccc(N5CCOCC5)cc4)n3)cc2)CCC1. The van der Waals surface area contributed by atoms with Crippen molar-refractivity contribution in [2.24, 2.45) is 5.73 Å². The highest BCUT2D eigenvalue weighted by atomic mass is 16.5. The van der Waals surface area contributed by atoms with Gasteiger partial charge in [0.1, 0.15) is 0 Å². The molecule has 2 heterocycles. The van der Waals surface area contributed by atoms with Crippen molar-refractivity contribution >= 4 is 28.9 Å². The Labute approximate surface area is 193 Å². The van der Waals surface area contributed by atoms with Gasteiger partial charge < -0.3 is 26.0 Å². The molecule has 33 heavy (non-hydrogen) atoms. The monoisotopic (exact) mass is 444 g/mol. The highest BCUT2D eigenvalue weighted by molar-refractivity contribution is 5.98. The largest absolute Gasteiger partial charge is 0.378 e. The molecule has 0 spiro atoms. The van der Waals surface area contributed by atoms with Crippen LogP contribution < -0.4 is 21.3 Å². The van der Waals surface area contributed by atoms with Crippen LogP contribution in [0.25, 0.3) is 11.3 Å². The lowest BCUT2D eigenvalue weighted by atomic mass is 9.77. The maximum absolute atomic E-state index is 12.3. The normalized spacial score (nSPS) is 17.2. The maximum atomic E-state index is 12.3. The highest BCUT2D eigenvalue weighted by Gasteiger charge is 2.40. The molecule has 8 heteroatoms. The Bertz CT molecular complexity index is 1110. The summed E-state index contributed by atoms with van der Waals surface area (Å²) in [5.41, 5.74) is 9.95. The van der Waals surface area contributed by atoms with E-state index >= 15 is 0 Å². The summed E-state index contributed by atoms with van der Waals surface area (Å²) in [5.74, 6) is 0.411. The number of aromatic nitrogens is 2. The van der Waals surface area contributed by atoms with Crippen LogP contribution in [0.2, 0.25) is 0 Å². The van der Waals surface area contributed by atoms with Gasteiger partial charge in [0.05, 0.1) is 24.4 Å². The first-order valence-corrected chi connectivity index (χ1v) is 11.3. The van der Waals surface area contributed by atoms with E-state index in [4.69, 9.17) is 10.5 Å². The molecule has 1 amide bonds. The van der Waals surface area contributed by atoms with Gasteiger partial charge in [0.2, 0.25) is 11.9 Å². The molecule has 170 valence electrons. The standard InChI is InChI=1S/C25H28N6O2/c26-25(11-1-12-25)23(32)28-19-4-2-18(3-5-19)22-10-13-27-24(30-22)29-20-6-8-21(9-7-20)31-14-16-33-17-15-31/h2-10,13H,1,11-12,14-17,26H2,(H,28,32)(H,27,29,30). The van der Waals surface area contributed by atoms with Crippen LogP contribution in [-0.4, -0.2) is 47.7 Å². The van der Waals surface area contributed by atoms with Gasteiger partial charge in [-0.15, -0.1) is 0 Å². The second-order valence-electron chi connectivity index (χ2n) is 8.58. The van der Waals surface area contributed by atoms with E-state index in [1.54, 1.807) is 6.20 Å². The van der Waals surface area contributed by atoms with Crippen LogP contribution in [0, 0.1) is 0 Å². The van der Waals surface area contributed by atoms with Gasteiger partial charge in [0.25, 0.3) is 0 Å². The number of nitrogens with one attached hydrogen (secondary N) is 2. The highest BCUT2D eigenvalue weighted by Crippen LogP contribution is 2.30. The lowest BCUT2D eigenvalue weighted by Crippen LogP contribution is -2.56. The van der Waals surface area contributed by atoms with Gasteiger partial charge in [0, 0.05) is 41.9 Å².